The molecule has 216 valence electrons. The first-order chi connectivity index (χ1) is 20.6. The van der Waals surface area contributed by atoms with Crippen molar-refractivity contribution in [3.8, 4) is 11.3 Å². The predicted molar refractivity (Wildman–Crippen MR) is 173 cm³/mol. The first-order valence-corrected chi connectivity index (χ1v) is 16.3. The summed E-state index contributed by atoms with van der Waals surface area (Å²) in [5.74, 6) is 0.924. The fraction of sp³-hybridized carbons (Fsp3) is 0.355. The topological polar surface area (TPSA) is 109 Å². The highest BCUT2D eigenvalue weighted by Gasteiger charge is 2.23. The van der Waals surface area contributed by atoms with Crippen LogP contribution in [0.1, 0.15) is 40.5 Å². The Hall–Kier alpha value is -3.64. The summed E-state index contributed by atoms with van der Waals surface area (Å²) in [4.78, 5) is 30.4. The van der Waals surface area contributed by atoms with Crippen molar-refractivity contribution in [2.24, 2.45) is 0 Å². The fourth-order valence-electron chi connectivity index (χ4n) is 6.00. The average molecular weight is 599 g/mol. The van der Waals surface area contributed by atoms with E-state index in [-0.39, 0.29) is 5.56 Å². The molecule has 2 atom stereocenters. The van der Waals surface area contributed by atoms with E-state index in [0.29, 0.717) is 35.7 Å². The fourth-order valence-corrected chi connectivity index (χ4v) is 7.54. The lowest BCUT2D eigenvalue weighted by molar-refractivity contribution is 0.480. The molecular weight excluding hydrogens is 565 g/mol. The molecule has 7 rings (SSSR count). The van der Waals surface area contributed by atoms with Gasteiger partial charge in [-0.25, -0.2) is 9.97 Å². The summed E-state index contributed by atoms with van der Waals surface area (Å²) in [6.07, 6.45) is 5.28. The average Bonchev–Trinajstić information content (AvgIpc) is 3.79. The van der Waals surface area contributed by atoms with Crippen LogP contribution in [0.2, 0.25) is 0 Å². The Morgan fingerprint density at radius 1 is 1.02 bits per heavy atom. The molecule has 2 fully saturated rings. The lowest BCUT2D eigenvalue weighted by Gasteiger charge is -2.24. The van der Waals surface area contributed by atoms with Gasteiger partial charge in [0.1, 0.15) is 5.65 Å². The Balaban J connectivity index is 1.22. The monoisotopic (exact) mass is 598 g/mol. The minimum atomic E-state index is -0.0855. The molecule has 4 N–H and O–H groups in total. The van der Waals surface area contributed by atoms with Crippen molar-refractivity contribution < 1.29 is 0 Å². The maximum absolute atomic E-state index is 14.1. The maximum Gasteiger partial charge on any atom is 0.262 e. The molecule has 0 aliphatic carbocycles. The van der Waals surface area contributed by atoms with E-state index in [2.05, 4.69) is 54.8 Å². The van der Waals surface area contributed by atoms with Crippen molar-refractivity contribution in [2.75, 3.05) is 36.8 Å². The molecule has 0 saturated carbocycles. The second kappa shape index (κ2) is 11.9. The number of anilines is 3. The Labute approximate surface area is 252 Å². The van der Waals surface area contributed by atoms with E-state index in [9.17, 15) is 4.79 Å². The SMILES string of the molecule is Cc1scnc1-c1cc2cnc(Nc3ccc(NC4CCCNC4)cc3)nc2n(Cc2sccc2C2CCNC2)c1=O. The molecule has 0 spiro atoms. The van der Waals surface area contributed by atoms with E-state index in [4.69, 9.17) is 4.98 Å². The molecule has 2 aliphatic heterocycles. The van der Waals surface area contributed by atoms with Gasteiger partial charge in [0.05, 0.1) is 23.3 Å². The van der Waals surface area contributed by atoms with Gasteiger partial charge in [-0.3, -0.25) is 9.36 Å². The number of nitrogens with one attached hydrogen (secondary N) is 4. The normalized spacial score (nSPS) is 18.9. The molecule has 4 aromatic heterocycles. The molecule has 42 heavy (non-hydrogen) atoms. The molecule has 9 nitrogen and oxygen atoms in total. The van der Waals surface area contributed by atoms with E-state index in [1.54, 1.807) is 38.9 Å². The highest BCUT2D eigenvalue weighted by atomic mass is 32.1. The number of thiazole rings is 1. The summed E-state index contributed by atoms with van der Waals surface area (Å²) in [6, 6.07) is 12.8. The number of thiophene rings is 1. The van der Waals surface area contributed by atoms with Gasteiger partial charge in [-0.1, -0.05) is 0 Å². The Bertz CT molecular complexity index is 1750. The van der Waals surface area contributed by atoms with Gasteiger partial charge in [0.15, 0.2) is 0 Å². The van der Waals surface area contributed by atoms with E-state index < -0.39 is 0 Å². The Morgan fingerprint density at radius 3 is 2.64 bits per heavy atom. The summed E-state index contributed by atoms with van der Waals surface area (Å²) in [7, 11) is 0. The van der Waals surface area contributed by atoms with Gasteiger partial charge < -0.3 is 21.3 Å². The van der Waals surface area contributed by atoms with Crippen molar-refractivity contribution in [2.45, 2.75) is 44.7 Å². The molecule has 5 aromatic rings. The second-order valence-electron chi connectivity index (χ2n) is 11.1. The highest BCUT2D eigenvalue weighted by molar-refractivity contribution is 7.10. The summed E-state index contributed by atoms with van der Waals surface area (Å²) in [5, 5.41) is 16.8. The molecule has 2 aliphatic rings. The standard InChI is InChI=1S/C31H34N8OS2/c1-19-28(35-18-42-19)26-13-21-15-34-31(37-23-6-4-22(5-7-23)36-24-3-2-10-32-16-24)38-29(21)39(30(26)40)17-27-25(9-12-41-27)20-8-11-33-14-20/h4-7,9,12-13,15,18,20,24,32-33,36H,2-3,8,10-11,14,16-17H2,1H3,(H,34,37,38). The third-order valence-corrected chi connectivity index (χ3v) is 9.90. The summed E-state index contributed by atoms with van der Waals surface area (Å²) >= 11 is 3.25. The molecular formula is C31H34N8OS2. The van der Waals surface area contributed by atoms with E-state index in [0.717, 1.165) is 59.9 Å². The lowest BCUT2D eigenvalue weighted by Crippen LogP contribution is -2.38. The number of aromatic nitrogens is 4. The van der Waals surface area contributed by atoms with Gasteiger partial charge in [-0.15, -0.1) is 22.7 Å². The van der Waals surface area contributed by atoms with Gasteiger partial charge in [-0.05, 0) is 92.5 Å². The number of aryl methyl sites for hydroxylation is 1. The van der Waals surface area contributed by atoms with Gasteiger partial charge in [0.25, 0.3) is 5.56 Å². The molecule has 11 heteroatoms. The molecule has 2 saturated heterocycles. The third-order valence-electron chi connectivity index (χ3n) is 8.22. The number of nitrogens with zero attached hydrogens (tertiary/aromatic N) is 4. The molecule has 0 bridgehead atoms. The molecule has 0 radical (unpaired) electrons. The smallest absolute Gasteiger partial charge is 0.262 e. The highest BCUT2D eigenvalue weighted by Crippen LogP contribution is 2.31. The minimum absolute atomic E-state index is 0.0855. The van der Waals surface area contributed by atoms with Crippen LogP contribution in [-0.2, 0) is 6.54 Å². The van der Waals surface area contributed by atoms with E-state index in [1.807, 2.05) is 25.1 Å². The number of rotatable bonds is 8. The lowest BCUT2D eigenvalue weighted by atomic mass is 9.99. The maximum atomic E-state index is 14.1. The molecule has 1 aromatic carbocycles. The number of piperidine rings is 1. The largest absolute Gasteiger partial charge is 0.381 e. The predicted octanol–water partition coefficient (Wildman–Crippen LogP) is 5.32. The van der Waals surface area contributed by atoms with Crippen LogP contribution in [0, 0.1) is 6.92 Å². The van der Waals surface area contributed by atoms with Crippen LogP contribution >= 0.6 is 22.7 Å². The van der Waals surface area contributed by atoms with Crippen LogP contribution in [0.3, 0.4) is 0 Å². The van der Waals surface area contributed by atoms with Crippen molar-refractivity contribution in [3.05, 3.63) is 79.2 Å². The van der Waals surface area contributed by atoms with Crippen molar-refractivity contribution in [1.29, 1.82) is 0 Å². The van der Waals surface area contributed by atoms with Gasteiger partial charge in [0.2, 0.25) is 5.95 Å². The van der Waals surface area contributed by atoms with Crippen LogP contribution in [0.4, 0.5) is 17.3 Å². The van der Waals surface area contributed by atoms with Gasteiger partial charge >= 0.3 is 0 Å². The van der Waals surface area contributed by atoms with Gasteiger partial charge in [0, 0.05) is 51.8 Å². The zero-order chi connectivity index (χ0) is 28.5. The first kappa shape index (κ1) is 27.2. The van der Waals surface area contributed by atoms with Crippen LogP contribution < -0.4 is 26.8 Å². The van der Waals surface area contributed by atoms with Crippen LogP contribution in [-0.4, -0.2) is 51.7 Å². The van der Waals surface area contributed by atoms with Crippen LogP contribution in [0.5, 0.6) is 0 Å². The number of fused-ring (bicyclic) bond motifs is 1. The van der Waals surface area contributed by atoms with Crippen molar-refractivity contribution >= 4 is 51.0 Å². The van der Waals surface area contributed by atoms with Gasteiger partial charge in [-0.2, -0.15) is 4.98 Å². The number of benzene rings is 1. The molecule has 0 amide bonds. The van der Waals surface area contributed by atoms with Crippen molar-refractivity contribution in [3.63, 3.8) is 0 Å². The quantitative estimate of drug-likeness (QED) is 0.190. The Morgan fingerprint density at radius 2 is 1.88 bits per heavy atom. The summed E-state index contributed by atoms with van der Waals surface area (Å²) in [6.45, 7) is 6.54. The van der Waals surface area contributed by atoms with Crippen molar-refractivity contribution in [1.82, 2.24) is 30.2 Å². The van der Waals surface area contributed by atoms with Crippen LogP contribution in [0.15, 0.2) is 58.3 Å². The summed E-state index contributed by atoms with van der Waals surface area (Å²) in [5.41, 5.74) is 6.94. The number of hydrogen-bond donors (Lipinski definition) is 4. The zero-order valence-corrected chi connectivity index (χ0v) is 25.2. The first-order valence-electron chi connectivity index (χ1n) is 14.5. The number of pyridine rings is 1. The minimum Gasteiger partial charge on any atom is -0.381 e. The molecule has 2 unspecified atom stereocenters. The van der Waals surface area contributed by atoms with Crippen LogP contribution in [0.25, 0.3) is 22.3 Å². The number of hydrogen-bond acceptors (Lipinski definition) is 10. The third kappa shape index (κ3) is 5.57. The van der Waals surface area contributed by atoms with E-state index >= 15 is 0 Å². The Kier molecular flexibility index (Phi) is 7.72. The zero-order valence-electron chi connectivity index (χ0n) is 23.5. The molecule has 6 heterocycles. The summed E-state index contributed by atoms with van der Waals surface area (Å²) < 4.78 is 1.80. The van der Waals surface area contributed by atoms with E-state index in [1.165, 1.54) is 23.3 Å². The second-order valence-corrected chi connectivity index (χ2v) is 13.1.